The lowest BCUT2D eigenvalue weighted by Crippen LogP contribution is -2.30. The third-order valence-corrected chi connectivity index (χ3v) is 4.11. The maximum Gasteiger partial charge on any atom is 0.292 e. The molecular weight excluding hydrogens is 375 g/mol. The minimum absolute atomic E-state index is 0.0480. The number of hydrogen-bond donors (Lipinski definition) is 2. The Morgan fingerprint density at radius 2 is 1.88 bits per heavy atom. The summed E-state index contributed by atoms with van der Waals surface area (Å²) in [6, 6.07) is 9.97. The molecule has 2 heterocycles. The number of hydrogen-bond acceptors (Lipinski definition) is 3. The highest BCUT2D eigenvalue weighted by Crippen LogP contribution is 2.26. The van der Waals surface area contributed by atoms with E-state index in [-0.39, 0.29) is 23.5 Å². The van der Waals surface area contributed by atoms with Crippen molar-refractivity contribution >= 4 is 46.2 Å². The van der Waals surface area contributed by atoms with Gasteiger partial charge < -0.3 is 10.6 Å². The van der Waals surface area contributed by atoms with E-state index in [1.165, 1.54) is 6.07 Å². The minimum Gasteiger partial charge on any atom is -0.348 e. The summed E-state index contributed by atoms with van der Waals surface area (Å²) >= 11 is 12.0. The molecule has 0 radical (unpaired) electrons. The number of aromatic nitrogens is 2. The quantitative estimate of drug-likeness (QED) is 0.705. The van der Waals surface area contributed by atoms with Crippen LogP contribution in [0.1, 0.15) is 35.0 Å². The van der Waals surface area contributed by atoms with Gasteiger partial charge in [0.2, 0.25) is 5.82 Å². The summed E-state index contributed by atoms with van der Waals surface area (Å²) in [5.41, 5.74) is 1.13. The molecule has 6 nitrogen and oxygen atoms in total. The van der Waals surface area contributed by atoms with Crippen molar-refractivity contribution in [2.45, 2.75) is 19.9 Å². The largest absolute Gasteiger partial charge is 0.348 e. The van der Waals surface area contributed by atoms with Crippen LogP contribution in [-0.4, -0.2) is 27.2 Å². The monoisotopic (exact) mass is 390 g/mol. The van der Waals surface area contributed by atoms with Crippen molar-refractivity contribution in [3.8, 4) is 0 Å². The fourth-order valence-electron chi connectivity index (χ4n) is 2.46. The zero-order valence-corrected chi connectivity index (χ0v) is 15.6. The van der Waals surface area contributed by atoms with Crippen molar-refractivity contribution in [3.05, 3.63) is 64.2 Å². The molecule has 0 fully saturated rings. The molecule has 134 valence electrons. The van der Waals surface area contributed by atoms with E-state index in [1.54, 1.807) is 40.9 Å². The fourth-order valence-corrected chi connectivity index (χ4v) is 2.92. The molecule has 0 saturated carbocycles. The molecule has 2 amide bonds. The first-order valence-electron chi connectivity index (χ1n) is 7.91. The summed E-state index contributed by atoms with van der Waals surface area (Å²) in [5, 5.41) is 6.25. The van der Waals surface area contributed by atoms with Crippen LogP contribution < -0.4 is 10.6 Å². The first-order valence-corrected chi connectivity index (χ1v) is 8.66. The lowest BCUT2D eigenvalue weighted by molar-refractivity contribution is 0.0940. The van der Waals surface area contributed by atoms with Gasteiger partial charge in [0.15, 0.2) is 5.69 Å². The van der Waals surface area contributed by atoms with E-state index in [9.17, 15) is 9.59 Å². The Morgan fingerprint density at radius 3 is 2.58 bits per heavy atom. The van der Waals surface area contributed by atoms with Crippen molar-refractivity contribution in [1.82, 2.24) is 14.7 Å². The lowest BCUT2D eigenvalue weighted by Gasteiger charge is -2.06. The Morgan fingerprint density at radius 1 is 1.12 bits per heavy atom. The van der Waals surface area contributed by atoms with Gasteiger partial charge in [0.25, 0.3) is 11.8 Å². The molecule has 0 atom stereocenters. The van der Waals surface area contributed by atoms with E-state index in [0.717, 1.165) is 0 Å². The van der Waals surface area contributed by atoms with E-state index in [0.29, 0.717) is 21.2 Å². The van der Waals surface area contributed by atoms with Gasteiger partial charge in [-0.25, -0.2) is 4.98 Å². The average molecular weight is 391 g/mol. The maximum absolute atomic E-state index is 12.7. The van der Waals surface area contributed by atoms with Gasteiger partial charge >= 0.3 is 0 Å². The third kappa shape index (κ3) is 3.66. The first-order chi connectivity index (χ1) is 12.4. The lowest BCUT2D eigenvalue weighted by atomic mass is 10.3. The molecular formula is C18H16Cl2N4O2. The van der Waals surface area contributed by atoms with Crippen LogP contribution in [-0.2, 0) is 0 Å². The molecule has 0 aliphatic rings. The summed E-state index contributed by atoms with van der Waals surface area (Å²) < 4.78 is 1.56. The Labute approximate surface area is 160 Å². The van der Waals surface area contributed by atoms with Crippen LogP contribution in [0.15, 0.2) is 42.6 Å². The minimum atomic E-state index is -0.487. The molecule has 8 heteroatoms. The van der Waals surface area contributed by atoms with E-state index in [4.69, 9.17) is 23.2 Å². The summed E-state index contributed by atoms with van der Waals surface area (Å²) in [6.45, 7) is 3.71. The van der Waals surface area contributed by atoms with Gasteiger partial charge in [-0.1, -0.05) is 29.3 Å². The van der Waals surface area contributed by atoms with Crippen molar-refractivity contribution < 1.29 is 9.59 Å². The van der Waals surface area contributed by atoms with Crippen molar-refractivity contribution in [2.24, 2.45) is 0 Å². The SMILES string of the molecule is CC(C)NC(=O)c1nc(C(=O)Nc2ccc(Cl)cc2Cl)n2ccccc12. The normalized spacial score (nSPS) is 11.0. The number of carbonyl (C=O) groups excluding carboxylic acids is 2. The topological polar surface area (TPSA) is 75.5 Å². The molecule has 0 spiro atoms. The second-order valence-corrected chi connectivity index (χ2v) is 6.79. The zero-order chi connectivity index (χ0) is 18.8. The first kappa shape index (κ1) is 18.2. The van der Waals surface area contributed by atoms with E-state index >= 15 is 0 Å². The van der Waals surface area contributed by atoms with Gasteiger partial charge in [-0.2, -0.15) is 0 Å². The van der Waals surface area contributed by atoms with Crippen molar-refractivity contribution in [1.29, 1.82) is 0 Å². The number of imidazole rings is 1. The second kappa shape index (κ2) is 7.35. The van der Waals surface area contributed by atoms with Gasteiger partial charge in [-0.15, -0.1) is 0 Å². The molecule has 26 heavy (non-hydrogen) atoms. The van der Waals surface area contributed by atoms with Crippen LogP contribution in [0.5, 0.6) is 0 Å². The summed E-state index contributed by atoms with van der Waals surface area (Å²) in [6.07, 6.45) is 1.67. The Bertz CT molecular complexity index is 998. The number of anilines is 1. The molecule has 1 aromatic carbocycles. The smallest absolute Gasteiger partial charge is 0.292 e. The number of rotatable bonds is 4. The molecule has 3 aromatic rings. The van der Waals surface area contributed by atoms with Crippen molar-refractivity contribution in [3.63, 3.8) is 0 Å². The highest BCUT2D eigenvalue weighted by Gasteiger charge is 2.22. The number of amides is 2. The molecule has 0 bridgehead atoms. The second-order valence-electron chi connectivity index (χ2n) is 5.95. The summed E-state index contributed by atoms with van der Waals surface area (Å²) in [4.78, 5) is 29.4. The number of nitrogens with zero attached hydrogens (tertiary/aromatic N) is 2. The van der Waals surface area contributed by atoms with E-state index in [1.807, 2.05) is 13.8 Å². The zero-order valence-electron chi connectivity index (χ0n) is 14.1. The number of fused-ring (bicyclic) bond motifs is 1. The molecule has 0 aliphatic heterocycles. The number of benzene rings is 1. The average Bonchev–Trinajstić information content (AvgIpc) is 2.96. The standard InChI is InChI=1S/C18H16Cl2N4O2/c1-10(2)21-17(25)15-14-5-3-4-8-24(14)16(23-15)18(26)22-13-7-6-11(19)9-12(13)20/h3-10H,1-2H3,(H,21,25)(H,22,26). The molecule has 3 rings (SSSR count). The molecule has 0 unspecified atom stereocenters. The molecule has 2 N–H and O–H groups in total. The van der Waals surface area contributed by atoms with Gasteiger partial charge in [0.05, 0.1) is 16.2 Å². The highest BCUT2D eigenvalue weighted by molar-refractivity contribution is 6.36. The molecule has 0 saturated heterocycles. The van der Waals surface area contributed by atoms with Crippen LogP contribution in [0.4, 0.5) is 5.69 Å². The number of nitrogens with one attached hydrogen (secondary N) is 2. The molecule has 0 aliphatic carbocycles. The number of carbonyl (C=O) groups is 2. The molecule has 2 aromatic heterocycles. The summed E-state index contributed by atoms with van der Waals surface area (Å²) in [7, 11) is 0. The van der Waals surface area contributed by atoms with E-state index < -0.39 is 5.91 Å². The Hall–Kier alpha value is -2.57. The third-order valence-electron chi connectivity index (χ3n) is 3.57. The highest BCUT2D eigenvalue weighted by atomic mass is 35.5. The Balaban J connectivity index is 1.99. The predicted molar refractivity (Wildman–Crippen MR) is 102 cm³/mol. The Kier molecular flexibility index (Phi) is 5.15. The van der Waals surface area contributed by atoms with Crippen molar-refractivity contribution in [2.75, 3.05) is 5.32 Å². The van der Waals surface area contributed by atoms with Gasteiger partial charge in [0, 0.05) is 17.3 Å². The van der Waals surface area contributed by atoms with Gasteiger partial charge in [0.1, 0.15) is 0 Å². The van der Waals surface area contributed by atoms with Crippen LogP contribution in [0.25, 0.3) is 5.52 Å². The predicted octanol–water partition coefficient (Wildman–Crippen LogP) is 4.03. The number of pyridine rings is 1. The maximum atomic E-state index is 12.7. The van der Waals surface area contributed by atoms with E-state index in [2.05, 4.69) is 15.6 Å². The van der Waals surface area contributed by atoms with Gasteiger partial charge in [-0.3, -0.25) is 14.0 Å². The van der Waals surface area contributed by atoms with Crippen LogP contribution >= 0.6 is 23.2 Å². The fraction of sp³-hybridized carbons (Fsp3) is 0.167. The van der Waals surface area contributed by atoms with Crippen LogP contribution in [0.2, 0.25) is 10.0 Å². The van der Waals surface area contributed by atoms with Crippen LogP contribution in [0.3, 0.4) is 0 Å². The number of halogens is 2. The van der Waals surface area contributed by atoms with Crippen LogP contribution in [0, 0.1) is 0 Å². The summed E-state index contributed by atoms with van der Waals surface area (Å²) in [5.74, 6) is -0.744. The van der Waals surface area contributed by atoms with Gasteiger partial charge in [-0.05, 0) is 44.2 Å².